The van der Waals surface area contributed by atoms with Crippen molar-refractivity contribution in [2.75, 3.05) is 0 Å². The van der Waals surface area contributed by atoms with E-state index in [2.05, 4.69) is 0 Å². The summed E-state index contributed by atoms with van der Waals surface area (Å²) in [4.78, 5) is 10.7. The zero-order chi connectivity index (χ0) is 13.4. The SMILES string of the molecule is O=Cc1ccc(-c2cc3cc(F)ccc3o2)c(Cl)c1. The molecule has 0 fully saturated rings. The highest BCUT2D eigenvalue weighted by atomic mass is 35.5. The topological polar surface area (TPSA) is 30.2 Å². The summed E-state index contributed by atoms with van der Waals surface area (Å²) in [5.74, 6) is 0.227. The lowest BCUT2D eigenvalue weighted by atomic mass is 10.1. The summed E-state index contributed by atoms with van der Waals surface area (Å²) in [5.41, 5.74) is 1.76. The van der Waals surface area contributed by atoms with Gasteiger partial charge >= 0.3 is 0 Å². The molecule has 0 aliphatic rings. The predicted octanol–water partition coefficient (Wildman–Crippen LogP) is 4.70. The van der Waals surface area contributed by atoms with Gasteiger partial charge in [-0.25, -0.2) is 4.39 Å². The quantitative estimate of drug-likeness (QED) is 0.634. The highest BCUT2D eigenvalue weighted by Gasteiger charge is 2.10. The predicted molar refractivity (Wildman–Crippen MR) is 72.0 cm³/mol. The molecular formula is C15H8ClFO2. The lowest BCUT2D eigenvalue weighted by Crippen LogP contribution is -1.82. The van der Waals surface area contributed by atoms with Gasteiger partial charge in [-0.3, -0.25) is 4.79 Å². The van der Waals surface area contributed by atoms with Crippen molar-refractivity contribution in [3.63, 3.8) is 0 Å². The first kappa shape index (κ1) is 11.9. The average Bonchev–Trinajstić information content (AvgIpc) is 2.81. The molecule has 1 heterocycles. The second-order valence-electron chi connectivity index (χ2n) is 4.15. The van der Waals surface area contributed by atoms with Crippen molar-refractivity contribution in [3.05, 3.63) is 58.9 Å². The van der Waals surface area contributed by atoms with Crippen LogP contribution in [0, 0.1) is 5.82 Å². The van der Waals surface area contributed by atoms with Gasteiger partial charge in [-0.05, 0) is 36.4 Å². The molecule has 0 saturated carbocycles. The minimum absolute atomic E-state index is 0.317. The monoisotopic (exact) mass is 274 g/mol. The van der Waals surface area contributed by atoms with Crippen LogP contribution in [0.5, 0.6) is 0 Å². The van der Waals surface area contributed by atoms with Crippen molar-refractivity contribution < 1.29 is 13.6 Å². The smallest absolute Gasteiger partial charge is 0.150 e. The Morgan fingerprint density at radius 3 is 2.68 bits per heavy atom. The van der Waals surface area contributed by atoms with Crippen molar-refractivity contribution in [1.29, 1.82) is 0 Å². The second kappa shape index (κ2) is 4.52. The Bertz CT molecular complexity index is 777. The minimum Gasteiger partial charge on any atom is -0.456 e. The number of rotatable bonds is 2. The van der Waals surface area contributed by atoms with E-state index in [-0.39, 0.29) is 5.82 Å². The van der Waals surface area contributed by atoms with Crippen LogP contribution in [-0.4, -0.2) is 6.29 Å². The largest absolute Gasteiger partial charge is 0.456 e. The van der Waals surface area contributed by atoms with Gasteiger partial charge in [0.15, 0.2) is 0 Å². The summed E-state index contributed by atoms with van der Waals surface area (Å²) in [5, 5.41) is 1.09. The van der Waals surface area contributed by atoms with Crippen molar-refractivity contribution in [2.45, 2.75) is 0 Å². The fourth-order valence-electron chi connectivity index (χ4n) is 1.95. The molecule has 4 heteroatoms. The van der Waals surface area contributed by atoms with E-state index < -0.39 is 0 Å². The van der Waals surface area contributed by atoms with Crippen molar-refractivity contribution >= 4 is 28.9 Å². The van der Waals surface area contributed by atoms with Crippen LogP contribution in [0.15, 0.2) is 46.9 Å². The normalized spacial score (nSPS) is 10.8. The number of carbonyl (C=O) groups excluding carboxylic acids is 1. The number of halogens is 2. The van der Waals surface area contributed by atoms with Crippen LogP contribution < -0.4 is 0 Å². The van der Waals surface area contributed by atoms with Crippen LogP contribution in [0.25, 0.3) is 22.3 Å². The molecule has 3 rings (SSSR count). The standard InChI is InChI=1S/C15H8ClFO2/c16-13-5-9(8-18)1-3-12(13)15-7-10-6-11(17)2-4-14(10)19-15/h1-8H. The molecule has 2 aromatic carbocycles. The number of aldehydes is 1. The summed E-state index contributed by atoms with van der Waals surface area (Å²) in [6.07, 6.45) is 0.726. The summed E-state index contributed by atoms with van der Waals surface area (Å²) in [6.45, 7) is 0. The number of hydrogen-bond acceptors (Lipinski definition) is 2. The molecule has 0 radical (unpaired) electrons. The van der Waals surface area contributed by atoms with Gasteiger partial charge in [0, 0.05) is 16.5 Å². The molecule has 2 nitrogen and oxygen atoms in total. The molecule has 94 valence electrons. The number of furan rings is 1. The maximum absolute atomic E-state index is 13.1. The molecule has 0 N–H and O–H groups in total. The molecule has 3 aromatic rings. The lowest BCUT2D eigenvalue weighted by molar-refractivity contribution is 0.112. The van der Waals surface area contributed by atoms with Gasteiger partial charge in [0.1, 0.15) is 23.4 Å². The molecule has 0 saturated heterocycles. The number of benzene rings is 2. The maximum Gasteiger partial charge on any atom is 0.150 e. The van der Waals surface area contributed by atoms with E-state index in [0.717, 1.165) is 6.29 Å². The first-order valence-corrected chi connectivity index (χ1v) is 5.99. The Balaban J connectivity index is 2.16. The molecule has 0 amide bonds. The van der Waals surface area contributed by atoms with Crippen LogP contribution in [-0.2, 0) is 0 Å². The lowest BCUT2D eigenvalue weighted by Gasteiger charge is -2.00. The summed E-state index contributed by atoms with van der Waals surface area (Å²) in [6, 6.07) is 11.0. The Morgan fingerprint density at radius 2 is 1.95 bits per heavy atom. The van der Waals surface area contributed by atoms with Gasteiger partial charge < -0.3 is 4.42 Å². The fraction of sp³-hybridized carbons (Fsp3) is 0. The van der Waals surface area contributed by atoms with E-state index in [9.17, 15) is 9.18 Å². The number of carbonyl (C=O) groups is 1. The van der Waals surface area contributed by atoms with Gasteiger partial charge in [-0.2, -0.15) is 0 Å². The zero-order valence-electron chi connectivity index (χ0n) is 9.69. The van der Waals surface area contributed by atoms with Crippen LogP contribution in [0.1, 0.15) is 10.4 Å². The molecule has 0 bridgehead atoms. The summed E-state index contributed by atoms with van der Waals surface area (Å²) in [7, 11) is 0. The molecule has 0 atom stereocenters. The van der Waals surface area contributed by atoms with Crippen molar-refractivity contribution in [3.8, 4) is 11.3 Å². The highest BCUT2D eigenvalue weighted by Crippen LogP contribution is 2.33. The van der Waals surface area contributed by atoms with E-state index in [4.69, 9.17) is 16.0 Å². The van der Waals surface area contributed by atoms with E-state index in [1.807, 2.05) is 0 Å². The van der Waals surface area contributed by atoms with E-state index in [0.29, 0.717) is 32.9 Å². The maximum atomic E-state index is 13.1. The third kappa shape index (κ3) is 2.13. The first-order valence-electron chi connectivity index (χ1n) is 5.61. The van der Waals surface area contributed by atoms with Gasteiger partial charge in [0.05, 0.1) is 5.02 Å². The molecule has 0 unspecified atom stereocenters. The number of hydrogen-bond donors (Lipinski definition) is 0. The van der Waals surface area contributed by atoms with Gasteiger partial charge in [0.2, 0.25) is 0 Å². The van der Waals surface area contributed by atoms with Crippen LogP contribution in [0.3, 0.4) is 0 Å². The Hall–Kier alpha value is -2.13. The van der Waals surface area contributed by atoms with Crippen LogP contribution in [0.4, 0.5) is 4.39 Å². The molecule has 1 aromatic heterocycles. The van der Waals surface area contributed by atoms with Gasteiger partial charge in [-0.1, -0.05) is 17.7 Å². The first-order chi connectivity index (χ1) is 9.17. The Labute approximate surface area is 113 Å². The van der Waals surface area contributed by atoms with Crippen LogP contribution >= 0.6 is 11.6 Å². The molecule has 0 aliphatic heterocycles. The van der Waals surface area contributed by atoms with Crippen molar-refractivity contribution in [1.82, 2.24) is 0 Å². The van der Waals surface area contributed by atoms with E-state index in [1.165, 1.54) is 12.1 Å². The third-order valence-electron chi connectivity index (χ3n) is 2.87. The second-order valence-corrected chi connectivity index (χ2v) is 4.56. The van der Waals surface area contributed by atoms with Crippen molar-refractivity contribution in [2.24, 2.45) is 0 Å². The van der Waals surface area contributed by atoms with E-state index in [1.54, 1.807) is 30.3 Å². The average molecular weight is 275 g/mol. The Kier molecular flexibility index (Phi) is 2.84. The van der Waals surface area contributed by atoms with E-state index >= 15 is 0 Å². The summed E-state index contributed by atoms with van der Waals surface area (Å²) >= 11 is 6.11. The highest BCUT2D eigenvalue weighted by molar-refractivity contribution is 6.33. The zero-order valence-corrected chi connectivity index (χ0v) is 10.4. The molecular weight excluding hydrogens is 267 g/mol. The van der Waals surface area contributed by atoms with Crippen LogP contribution in [0.2, 0.25) is 5.02 Å². The fourth-order valence-corrected chi connectivity index (χ4v) is 2.23. The van der Waals surface area contributed by atoms with Gasteiger partial charge in [0.25, 0.3) is 0 Å². The summed E-state index contributed by atoms with van der Waals surface area (Å²) < 4.78 is 18.7. The molecule has 0 spiro atoms. The van der Waals surface area contributed by atoms with Gasteiger partial charge in [-0.15, -0.1) is 0 Å². The molecule has 0 aliphatic carbocycles. The Morgan fingerprint density at radius 1 is 1.11 bits per heavy atom. The number of fused-ring (bicyclic) bond motifs is 1. The minimum atomic E-state index is -0.317. The molecule has 19 heavy (non-hydrogen) atoms. The third-order valence-corrected chi connectivity index (χ3v) is 3.19.